The summed E-state index contributed by atoms with van der Waals surface area (Å²) < 4.78 is 74.3. The molecule has 0 spiro atoms. The van der Waals surface area contributed by atoms with Gasteiger partial charge >= 0.3 is 18.0 Å². The number of benzene rings is 2. The van der Waals surface area contributed by atoms with E-state index >= 15 is 0 Å². The third-order valence-corrected chi connectivity index (χ3v) is 9.58. The Bertz CT molecular complexity index is 1830. The number of rotatable bonds is 6. The molecule has 3 aromatic rings. The van der Waals surface area contributed by atoms with E-state index in [0.717, 1.165) is 0 Å². The number of piperazine rings is 1. The molecule has 0 saturated carbocycles. The number of aromatic amines is 1. The number of hydrogen-bond donors (Lipinski definition) is 1. The van der Waals surface area contributed by atoms with E-state index in [9.17, 15) is 36.0 Å². The zero-order chi connectivity index (χ0) is 32.8. The molecule has 1 saturated heterocycles. The first-order chi connectivity index (χ1) is 20.3. The highest BCUT2D eigenvalue weighted by atomic mass is 35.5. The van der Waals surface area contributed by atoms with Gasteiger partial charge in [-0.15, -0.1) is 0 Å². The minimum Gasteiger partial charge on any atom is -0.444 e. The molecule has 2 aromatic carbocycles. The molecule has 0 unspecified atom stereocenters. The fourth-order valence-corrected chi connectivity index (χ4v) is 6.50. The van der Waals surface area contributed by atoms with E-state index in [1.807, 2.05) is 0 Å². The number of carbonyl (C=O) groups excluding carboxylic acids is 1. The zero-order valence-electron chi connectivity index (χ0n) is 24.3. The van der Waals surface area contributed by atoms with Gasteiger partial charge < -0.3 is 14.6 Å². The molecule has 2 heterocycles. The minimum atomic E-state index is -4.91. The van der Waals surface area contributed by atoms with Gasteiger partial charge in [-0.25, -0.2) is 18.0 Å². The van der Waals surface area contributed by atoms with Crippen LogP contribution < -0.4 is 11.2 Å². The fourth-order valence-electron chi connectivity index (χ4n) is 4.88. The average molecular weight is 680 g/mol. The van der Waals surface area contributed by atoms with Crippen LogP contribution in [-0.2, 0) is 33.8 Å². The number of carbonyl (C=O) groups is 1. The molecule has 0 aliphatic carbocycles. The Morgan fingerprint density at radius 1 is 1.02 bits per heavy atom. The van der Waals surface area contributed by atoms with Crippen LogP contribution in [0.5, 0.6) is 0 Å². The zero-order valence-corrected chi connectivity index (χ0v) is 26.7. The van der Waals surface area contributed by atoms with Crippen molar-refractivity contribution in [1.29, 1.82) is 0 Å². The molecular formula is C28H31Cl2F3N4O6S. The fraction of sp³-hybridized carbons (Fsp3) is 0.464. The lowest BCUT2D eigenvalue weighted by Gasteiger charge is -2.36. The van der Waals surface area contributed by atoms with E-state index in [0.29, 0.717) is 10.6 Å². The summed E-state index contributed by atoms with van der Waals surface area (Å²) in [7, 11) is -3.79. The van der Waals surface area contributed by atoms with Crippen molar-refractivity contribution >= 4 is 50.0 Å². The summed E-state index contributed by atoms with van der Waals surface area (Å²) in [4.78, 5) is 44.3. The van der Waals surface area contributed by atoms with Crippen molar-refractivity contribution in [1.82, 2.24) is 19.4 Å². The second-order valence-electron chi connectivity index (χ2n) is 11.4. The highest BCUT2D eigenvalue weighted by molar-refractivity contribution is 7.91. The predicted molar refractivity (Wildman–Crippen MR) is 160 cm³/mol. The van der Waals surface area contributed by atoms with Gasteiger partial charge in [-0.2, -0.15) is 13.2 Å². The Morgan fingerprint density at radius 3 is 2.23 bits per heavy atom. The van der Waals surface area contributed by atoms with Crippen molar-refractivity contribution in [3.8, 4) is 0 Å². The highest BCUT2D eigenvalue weighted by Gasteiger charge is 2.37. The molecule has 0 bridgehead atoms. The number of aromatic nitrogens is 2. The lowest BCUT2D eigenvalue weighted by atomic mass is 10.0. The Hall–Kier alpha value is -3.07. The lowest BCUT2D eigenvalue weighted by Crippen LogP contribution is -2.49. The second-order valence-corrected chi connectivity index (χ2v) is 14.4. The molecule has 240 valence electrons. The van der Waals surface area contributed by atoms with Crippen LogP contribution in [0.1, 0.15) is 44.4 Å². The second kappa shape index (κ2) is 12.4. The predicted octanol–water partition coefficient (Wildman–Crippen LogP) is 4.91. The Labute approximate surface area is 261 Å². The first-order valence-electron chi connectivity index (χ1n) is 13.6. The maximum absolute atomic E-state index is 14.4. The molecule has 0 radical (unpaired) electrons. The first kappa shape index (κ1) is 33.8. The van der Waals surface area contributed by atoms with Crippen molar-refractivity contribution in [2.75, 3.05) is 31.9 Å². The van der Waals surface area contributed by atoms with Crippen LogP contribution in [0.2, 0.25) is 10.0 Å². The number of hydrogen-bond acceptors (Lipinski definition) is 7. The summed E-state index contributed by atoms with van der Waals surface area (Å²) in [5, 5.41) is -0.801. The van der Waals surface area contributed by atoms with Gasteiger partial charge in [0.05, 0.1) is 38.7 Å². The lowest BCUT2D eigenvalue weighted by molar-refractivity contribution is -0.138. The number of amides is 1. The quantitative estimate of drug-likeness (QED) is 0.393. The molecule has 1 fully saturated rings. The first-order valence-corrected chi connectivity index (χ1v) is 16.0. The van der Waals surface area contributed by atoms with Crippen LogP contribution in [0.15, 0.2) is 38.8 Å². The van der Waals surface area contributed by atoms with Crippen molar-refractivity contribution in [3.05, 3.63) is 71.8 Å². The largest absolute Gasteiger partial charge is 0.444 e. The molecule has 44 heavy (non-hydrogen) atoms. The van der Waals surface area contributed by atoms with Gasteiger partial charge in [0.2, 0.25) is 0 Å². The van der Waals surface area contributed by atoms with Crippen molar-refractivity contribution in [2.24, 2.45) is 0 Å². The van der Waals surface area contributed by atoms with Crippen molar-refractivity contribution in [3.63, 3.8) is 0 Å². The van der Waals surface area contributed by atoms with Gasteiger partial charge in [0.15, 0.2) is 9.84 Å². The SMILES string of the molecule is CCS(=O)(=O)c1ccc(Cl)cc1Cn1c(=O)[nH]c2c(Cl)c(CN3CCN(C(=O)OC(C)(C)C)CC3)c(C(F)(F)F)cc2c1=O. The summed E-state index contributed by atoms with van der Waals surface area (Å²) in [5.74, 6) is -0.270. The van der Waals surface area contributed by atoms with E-state index < -0.39 is 61.5 Å². The van der Waals surface area contributed by atoms with Crippen LogP contribution in [0.3, 0.4) is 0 Å². The molecule has 4 rings (SSSR count). The van der Waals surface area contributed by atoms with Crippen LogP contribution in [-0.4, -0.2) is 71.4 Å². The topological polar surface area (TPSA) is 122 Å². The van der Waals surface area contributed by atoms with Gasteiger partial charge in [0, 0.05) is 37.7 Å². The van der Waals surface area contributed by atoms with Crippen molar-refractivity contribution < 1.29 is 31.1 Å². The molecular weight excluding hydrogens is 648 g/mol. The Morgan fingerprint density at radius 2 is 1.66 bits per heavy atom. The summed E-state index contributed by atoms with van der Waals surface area (Å²) in [5.41, 5.74) is -4.53. The van der Waals surface area contributed by atoms with Gasteiger partial charge in [-0.1, -0.05) is 30.1 Å². The molecule has 1 aliphatic rings. The van der Waals surface area contributed by atoms with E-state index in [-0.39, 0.29) is 65.0 Å². The molecule has 1 aliphatic heterocycles. The number of nitrogens with one attached hydrogen (secondary N) is 1. The summed E-state index contributed by atoms with van der Waals surface area (Å²) in [6.45, 7) is 6.65. The minimum absolute atomic E-state index is 0.0237. The molecule has 1 amide bonds. The maximum Gasteiger partial charge on any atom is 0.416 e. The number of alkyl halides is 3. The smallest absolute Gasteiger partial charge is 0.416 e. The van der Waals surface area contributed by atoms with Gasteiger partial charge in [0.1, 0.15) is 5.60 Å². The number of fused-ring (bicyclic) bond motifs is 1. The van der Waals surface area contributed by atoms with Crippen LogP contribution in [0.4, 0.5) is 18.0 Å². The Balaban J connectivity index is 1.73. The van der Waals surface area contributed by atoms with E-state index in [1.54, 1.807) is 25.7 Å². The third kappa shape index (κ3) is 7.24. The van der Waals surface area contributed by atoms with Crippen LogP contribution in [0, 0.1) is 0 Å². The number of sulfone groups is 1. The van der Waals surface area contributed by atoms with Gasteiger partial charge in [0.25, 0.3) is 5.56 Å². The van der Waals surface area contributed by atoms with Crippen LogP contribution >= 0.6 is 23.2 Å². The number of ether oxygens (including phenoxy) is 1. The summed E-state index contributed by atoms with van der Waals surface area (Å²) in [6.07, 6.45) is -5.43. The highest BCUT2D eigenvalue weighted by Crippen LogP contribution is 2.39. The van der Waals surface area contributed by atoms with E-state index in [1.165, 1.54) is 30.0 Å². The van der Waals surface area contributed by atoms with E-state index in [2.05, 4.69) is 4.98 Å². The third-order valence-electron chi connectivity index (χ3n) is 7.10. The molecule has 10 nitrogen and oxygen atoms in total. The summed E-state index contributed by atoms with van der Waals surface area (Å²) in [6, 6.07) is 4.51. The average Bonchev–Trinajstić information content (AvgIpc) is 2.91. The maximum atomic E-state index is 14.4. The number of nitrogens with zero attached hydrogens (tertiary/aromatic N) is 3. The monoisotopic (exact) mass is 678 g/mol. The van der Waals surface area contributed by atoms with Crippen molar-refractivity contribution in [2.45, 2.75) is 57.5 Å². The standard InChI is InChI=1S/C28H31Cl2F3N4O6S/c1-5-44(41,42)21-7-6-17(29)12-16(21)14-37-24(38)18-13-20(28(31,32)33)19(22(30)23(18)34-25(37)39)15-35-8-10-36(11-9-35)26(40)43-27(2,3)4/h6-7,12-13H,5,8-11,14-15H2,1-4H3,(H,34,39). The number of H-pyrrole nitrogens is 1. The van der Waals surface area contributed by atoms with Gasteiger partial charge in [-0.05, 0) is 56.2 Å². The normalized spacial score (nSPS) is 15.2. The van der Waals surface area contributed by atoms with E-state index in [4.69, 9.17) is 27.9 Å². The van der Waals surface area contributed by atoms with Crippen LogP contribution in [0.25, 0.3) is 10.9 Å². The molecule has 16 heteroatoms. The number of halogens is 5. The molecule has 1 N–H and O–H groups in total. The Kier molecular flexibility index (Phi) is 9.51. The van der Waals surface area contributed by atoms with Gasteiger partial charge in [-0.3, -0.25) is 14.3 Å². The summed E-state index contributed by atoms with van der Waals surface area (Å²) >= 11 is 12.5. The molecule has 0 atom stereocenters. The molecule has 1 aromatic heterocycles.